The van der Waals surface area contributed by atoms with E-state index in [4.69, 9.17) is 5.11 Å². The maximum absolute atomic E-state index is 11.6. The summed E-state index contributed by atoms with van der Waals surface area (Å²) in [4.78, 5) is 23.3. The van der Waals surface area contributed by atoms with E-state index in [1.54, 1.807) is 7.05 Å². The Balaban J connectivity index is 2.70. The van der Waals surface area contributed by atoms with Crippen molar-refractivity contribution in [1.82, 2.24) is 4.57 Å². The minimum absolute atomic E-state index is 0.0199. The molecule has 0 bridgehead atoms. The van der Waals surface area contributed by atoms with Crippen LogP contribution in [0.2, 0.25) is 0 Å². The first-order chi connectivity index (χ1) is 7.59. The number of pyridine rings is 1. The molecule has 0 spiro atoms. The SMILES string of the molecule is Cn1c(-c2cccs2)cc(C(=O)O)cc1=O. The topological polar surface area (TPSA) is 59.3 Å². The first-order valence-electron chi connectivity index (χ1n) is 4.58. The van der Waals surface area contributed by atoms with E-state index >= 15 is 0 Å². The molecule has 2 rings (SSSR count). The van der Waals surface area contributed by atoms with Gasteiger partial charge in [-0.2, -0.15) is 0 Å². The van der Waals surface area contributed by atoms with E-state index in [0.29, 0.717) is 5.69 Å². The fraction of sp³-hybridized carbons (Fsp3) is 0.0909. The zero-order valence-corrected chi connectivity index (χ0v) is 9.32. The van der Waals surface area contributed by atoms with Gasteiger partial charge < -0.3 is 9.67 Å². The zero-order chi connectivity index (χ0) is 11.7. The summed E-state index contributed by atoms with van der Waals surface area (Å²) in [6, 6.07) is 6.35. The van der Waals surface area contributed by atoms with Gasteiger partial charge in [0.25, 0.3) is 5.56 Å². The number of nitrogens with zero attached hydrogens (tertiary/aromatic N) is 1. The Morgan fingerprint density at radius 2 is 2.19 bits per heavy atom. The van der Waals surface area contributed by atoms with Crippen LogP contribution in [0.4, 0.5) is 0 Å². The molecule has 2 heterocycles. The minimum Gasteiger partial charge on any atom is -0.478 e. The van der Waals surface area contributed by atoms with Crippen LogP contribution in [-0.4, -0.2) is 15.6 Å². The third kappa shape index (κ3) is 1.77. The highest BCUT2D eigenvalue weighted by Crippen LogP contribution is 2.23. The second-order valence-electron chi connectivity index (χ2n) is 3.31. The van der Waals surface area contributed by atoms with Gasteiger partial charge in [-0.15, -0.1) is 11.3 Å². The van der Waals surface area contributed by atoms with Crippen LogP contribution >= 0.6 is 11.3 Å². The van der Waals surface area contributed by atoms with E-state index in [2.05, 4.69) is 0 Å². The van der Waals surface area contributed by atoms with E-state index in [9.17, 15) is 9.59 Å². The van der Waals surface area contributed by atoms with Gasteiger partial charge in [-0.1, -0.05) is 6.07 Å². The lowest BCUT2D eigenvalue weighted by Crippen LogP contribution is -2.19. The molecule has 0 saturated heterocycles. The number of hydrogen-bond acceptors (Lipinski definition) is 3. The average molecular weight is 235 g/mol. The summed E-state index contributed by atoms with van der Waals surface area (Å²) in [5.74, 6) is -1.09. The molecule has 0 aromatic carbocycles. The summed E-state index contributed by atoms with van der Waals surface area (Å²) in [5.41, 5.74) is 0.328. The Labute approximate surface area is 95.4 Å². The second kappa shape index (κ2) is 3.94. The smallest absolute Gasteiger partial charge is 0.335 e. The van der Waals surface area contributed by atoms with Gasteiger partial charge in [0.15, 0.2) is 0 Å². The number of hydrogen-bond donors (Lipinski definition) is 1. The molecule has 2 aromatic heterocycles. The van der Waals surface area contributed by atoms with Gasteiger partial charge in [0.2, 0.25) is 0 Å². The fourth-order valence-electron chi connectivity index (χ4n) is 1.42. The summed E-state index contributed by atoms with van der Waals surface area (Å²) in [7, 11) is 1.63. The Morgan fingerprint density at radius 3 is 2.75 bits per heavy atom. The van der Waals surface area contributed by atoms with Crippen molar-refractivity contribution in [3.63, 3.8) is 0 Å². The van der Waals surface area contributed by atoms with Crippen molar-refractivity contribution in [3.8, 4) is 10.6 Å². The Morgan fingerprint density at radius 1 is 1.44 bits per heavy atom. The number of aromatic nitrogens is 1. The van der Waals surface area contributed by atoms with Crippen LogP contribution in [0, 0.1) is 0 Å². The molecule has 0 aliphatic heterocycles. The molecule has 0 aliphatic carbocycles. The van der Waals surface area contributed by atoms with Crippen LogP contribution in [0.15, 0.2) is 34.4 Å². The van der Waals surface area contributed by atoms with E-state index < -0.39 is 5.97 Å². The molecule has 0 atom stereocenters. The molecule has 2 aromatic rings. The van der Waals surface area contributed by atoms with Crippen LogP contribution < -0.4 is 5.56 Å². The lowest BCUT2D eigenvalue weighted by molar-refractivity contribution is 0.0696. The minimum atomic E-state index is -1.09. The van der Waals surface area contributed by atoms with E-state index in [1.807, 2.05) is 17.5 Å². The predicted molar refractivity (Wildman–Crippen MR) is 62.0 cm³/mol. The van der Waals surface area contributed by atoms with Crippen molar-refractivity contribution in [2.75, 3.05) is 0 Å². The third-order valence-corrected chi connectivity index (χ3v) is 3.18. The van der Waals surface area contributed by atoms with Crippen LogP contribution in [0.5, 0.6) is 0 Å². The molecule has 5 heteroatoms. The molecular weight excluding hydrogens is 226 g/mol. The number of rotatable bonds is 2. The summed E-state index contributed by atoms with van der Waals surface area (Å²) in [5, 5.41) is 10.8. The molecule has 0 amide bonds. The molecule has 4 nitrogen and oxygen atoms in total. The number of aromatic carboxylic acids is 1. The number of carboxylic acids is 1. The second-order valence-corrected chi connectivity index (χ2v) is 4.26. The van der Waals surface area contributed by atoms with E-state index in [1.165, 1.54) is 22.0 Å². The summed E-state index contributed by atoms with van der Waals surface area (Å²) >= 11 is 1.47. The number of carbonyl (C=O) groups is 1. The van der Waals surface area contributed by atoms with Gasteiger partial charge in [-0.05, 0) is 17.5 Å². The van der Waals surface area contributed by atoms with Crippen molar-refractivity contribution in [3.05, 3.63) is 45.6 Å². The Hall–Kier alpha value is -1.88. The molecule has 0 radical (unpaired) electrons. The Bertz CT molecular complexity index is 584. The molecule has 82 valence electrons. The van der Waals surface area contributed by atoms with Crippen LogP contribution in [0.3, 0.4) is 0 Å². The molecule has 1 N–H and O–H groups in total. The van der Waals surface area contributed by atoms with Crippen molar-refractivity contribution in [2.24, 2.45) is 7.05 Å². The average Bonchev–Trinajstić information content (AvgIpc) is 2.74. The monoisotopic (exact) mass is 235 g/mol. The summed E-state index contributed by atoms with van der Waals surface area (Å²) in [6.45, 7) is 0. The highest BCUT2D eigenvalue weighted by atomic mass is 32.1. The standard InChI is InChI=1S/C11H9NO3S/c1-12-8(9-3-2-4-16-9)5-7(11(14)15)6-10(12)13/h2-6H,1H3,(H,14,15). The molecule has 0 aliphatic rings. The van der Waals surface area contributed by atoms with Gasteiger partial charge in [0, 0.05) is 13.1 Å². The van der Waals surface area contributed by atoms with E-state index in [0.717, 1.165) is 10.9 Å². The quantitative estimate of drug-likeness (QED) is 0.863. The molecule has 0 saturated carbocycles. The third-order valence-electron chi connectivity index (χ3n) is 2.28. The van der Waals surface area contributed by atoms with Gasteiger partial charge in [0.1, 0.15) is 0 Å². The number of thiophene rings is 1. The zero-order valence-electron chi connectivity index (χ0n) is 8.51. The highest BCUT2D eigenvalue weighted by molar-refractivity contribution is 7.13. The fourth-order valence-corrected chi connectivity index (χ4v) is 2.20. The highest BCUT2D eigenvalue weighted by Gasteiger charge is 2.10. The van der Waals surface area contributed by atoms with Crippen molar-refractivity contribution in [1.29, 1.82) is 0 Å². The van der Waals surface area contributed by atoms with Gasteiger partial charge in [0.05, 0.1) is 16.1 Å². The summed E-state index contributed by atoms with van der Waals surface area (Å²) < 4.78 is 1.44. The predicted octanol–water partition coefficient (Wildman–Crippen LogP) is 1.81. The first-order valence-corrected chi connectivity index (χ1v) is 5.46. The summed E-state index contributed by atoms with van der Waals surface area (Å²) in [6.07, 6.45) is 0. The van der Waals surface area contributed by atoms with Gasteiger partial charge in [-0.3, -0.25) is 4.79 Å². The van der Waals surface area contributed by atoms with Crippen LogP contribution in [0.1, 0.15) is 10.4 Å². The van der Waals surface area contributed by atoms with E-state index in [-0.39, 0.29) is 11.1 Å². The lowest BCUT2D eigenvalue weighted by atomic mass is 10.2. The first kappa shape index (κ1) is 10.6. The largest absolute Gasteiger partial charge is 0.478 e. The molecule has 0 fully saturated rings. The normalized spacial score (nSPS) is 10.3. The molecular formula is C11H9NO3S. The van der Waals surface area contributed by atoms with Crippen molar-refractivity contribution < 1.29 is 9.90 Å². The maximum Gasteiger partial charge on any atom is 0.335 e. The lowest BCUT2D eigenvalue weighted by Gasteiger charge is -2.06. The maximum atomic E-state index is 11.6. The van der Waals surface area contributed by atoms with Crippen molar-refractivity contribution >= 4 is 17.3 Å². The Kier molecular flexibility index (Phi) is 2.62. The van der Waals surface area contributed by atoms with Gasteiger partial charge >= 0.3 is 5.97 Å². The van der Waals surface area contributed by atoms with Crippen molar-refractivity contribution in [2.45, 2.75) is 0 Å². The van der Waals surface area contributed by atoms with Crippen LogP contribution in [-0.2, 0) is 7.05 Å². The molecule has 0 unspecified atom stereocenters. The molecule has 16 heavy (non-hydrogen) atoms. The number of carboxylic acid groups (broad SMARTS) is 1. The van der Waals surface area contributed by atoms with Crippen LogP contribution in [0.25, 0.3) is 10.6 Å². The van der Waals surface area contributed by atoms with Gasteiger partial charge in [-0.25, -0.2) is 4.79 Å².